The monoisotopic (exact) mass is 354 g/mol. The van der Waals surface area contributed by atoms with Gasteiger partial charge in [-0.05, 0) is 54.8 Å². The minimum Gasteiger partial charge on any atom is -0.494 e. The number of aryl methyl sites for hydroxylation is 1. The van der Waals surface area contributed by atoms with Gasteiger partial charge in [-0.15, -0.1) is 0 Å². The molecule has 2 rings (SSSR count). The summed E-state index contributed by atoms with van der Waals surface area (Å²) >= 11 is 6.05. The van der Waals surface area contributed by atoms with Crippen LogP contribution in [0.5, 0.6) is 5.75 Å². The van der Waals surface area contributed by atoms with E-state index in [1.807, 2.05) is 44.2 Å². The van der Waals surface area contributed by atoms with Gasteiger partial charge < -0.3 is 10.1 Å². The summed E-state index contributed by atoms with van der Waals surface area (Å²) < 4.78 is 5.56. The predicted octanol–water partition coefficient (Wildman–Crippen LogP) is 4.98. The Kier molecular flexibility index (Phi) is 6.62. The molecule has 0 aliphatic heterocycles. The van der Waals surface area contributed by atoms with Crippen molar-refractivity contribution in [3.8, 4) is 11.8 Å². The van der Waals surface area contributed by atoms with E-state index in [-0.39, 0.29) is 5.57 Å². The van der Waals surface area contributed by atoms with E-state index >= 15 is 0 Å². The zero-order valence-electron chi connectivity index (χ0n) is 14.2. The number of hydrogen-bond acceptors (Lipinski definition) is 3. The molecule has 0 radical (unpaired) electrons. The molecule has 0 spiro atoms. The molecule has 0 saturated carbocycles. The third-order valence-corrected chi connectivity index (χ3v) is 3.84. The number of halogens is 1. The largest absolute Gasteiger partial charge is 0.494 e. The van der Waals surface area contributed by atoms with Crippen molar-refractivity contribution in [2.45, 2.75) is 20.3 Å². The van der Waals surface area contributed by atoms with Gasteiger partial charge in [-0.2, -0.15) is 5.26 Å². The SMILES string of the molecule is CCCOc1cccc(/C=C(/C#N)C(=O)Nc2ccc(C)c(Cl)c2)c1. The minimum absolute atomic E-state index is 0.00402. The number of rotatable bonds is 6. The van der Waals surface area contributed by atoms with E-state index in [1.165, 1.54) is 6.08 Å². The van der Waals surface area contributed by atoms with Gasteiger partial charge in [0.2, 0.25) is 0 Å². The second-order valence-corrected chi connectivity index (χ2v) is 5.92. The second kappa shape index (κ2) is 8.91. The lowest BCUT2D eigenvalue weighted by Crippen LogP contribution is -2.13. The van der Waals surface area contributed by atoms with Crippen LogP contribution in [0.15, 0.2) is 48.0 Å². The maximum Gasteiger partial charge on any atom is 0.266 e. The first-order valence-corrected chi connectivity index (χ1v) is 8.33. The van der Waals surface area contributed by atoms with Gasteiger partial charge in [0.15, 0.2) is 0 Å². The predicted molar refractivity (Wildman–Crippen MR) is 101 cm³/mol. The maximum absolute atomic E-state index is 12.3. The molecule has 0 aromatic heterocycles. The van der Waals surface area contributed by atoms with Crippen LogP contribution >= 0.6 is 11.6 Å². The quantitative estimate of drug-likeness (QED) is 0.587. The van der Waals surface area contributed by atoms with Crippen LogP contribution in [0.1, 0.15) is 24.5 Å². The van der Waals surface area contributed by atoms with Crippen LogP contribution in [-0.2, 0) is 4.79 Å². The Morgan fingerprint density at radius 3 is 2.80 bits per heavy atom. The molecule has 4 nitrogen and oxygen atoms in total. The van der Waals surface area contributed by atoms with Crippen LogP contribution in [-0.4, -0.2) is 12.5 Å². The molecule has 0 fully saturated rings. The number of carbonyl (C=O) groups is 1. The molecule has 128 valence electrons. The van der Waals surface area contributed by atoms with Gasteiger partial charge in [-0.1, -0.05) is 36.7 Å². The van der Waals surface area contributed by atoms with Gasteiger partial charge in [-0.3, -0.25) is 4.79 Å². The van der Waals surface area contributed by atoms with Crippen LogP contribution in [0.25, 0.3) is 6.08 Å². The number of nitriles is 1. The number of hydrogen-bond donors (Lipinski definition) is 1. The molecule has 0 heterocycles. The first-order valence-electron chi connectivity index (χ1n) is 7.95. The number of carbonyl (C=O) groups excluding carboxylic acids is 1. The molecule has 0 atom stereocenters. The van der Waals surface area contributed by atoms with E-state index < -0.39 is 5.91 Å². The van der Waals surface area contributed by atoms with Crippen LogP contribution in [0, 0.1) is 18.3 Å². The first kappa shape index (κ1) is 18.6. The van der Waals surface area contributed by atoms with Crippen LogP contribution in [0.4, 0.5) is 5.69 Å². The van der Waals surface area contributed by atoms with Crippen molar-refractivity contribution in [3.63, 3.8) is 0 Å². The molecule has 0 bridgehead atoms. The Hall–Kier alpha value is -2.77. The Bertz CT molecular complexity index is 838. The standard InChI is InChI=1S/C20H19ClN2O2/c1-3-9-25-18-6-4-5-15(11-18)10-16(13-22)20(24)23-17-8-7-14(2)19(21)12-17/h4-8,10-12H,3,9H2,1-2H3,(H,23,24)/b16-10-. The van der Waals surface area contributed by atoms with Gasteiger partial charge >= 0.3 is 0 Å². The number of nitrogens with one attached hydrogen (secondary N) is 1. The van der Waals surface area contributed by atoms with Crippen molar-refractivity contribution in [2.75, 3.05) is 11.9 Å². The van der Waals surface area contributed by atoms with Gasteiger partial charge in [0.05, 0.1) is 6.61 Å². The lowest BCUT2D eigenvalue weighted by Gasteiger charge is -2.07. The molecule has 1 amide bonds. The average Bonchev–Trinajstić information content (AvgIpc) is 2.61. The van der Waals surface area contributed by atoms with Crippen molar-refractivity contribution in [1.82, 2.24) is 0 Å². The minimum atomic E-state index is -0.484. The fourth-order valence-electron chi connectivity index (χ4n) is 2.10. The van der Waals surface area contributed by atoms with E-state index in [1.54, 1.807) is 18.2 Å². The maximum atomic E-state index is 12.3. The van der Waals surface area contributed by atoms with Gasteiger partial charge in [0, 0.05) is 10.7 Å². The molecule has 25 heavy (non-hydrogen) atoms. The second-order valence-electron chi connectivity index (χ2n) is 5.51. The summed E-state index contributed by atoms with van der Waals surface area (Å²) in [5.74, 6) is 0.223. The van der Waals surface area contributed by atoms with Crippen molar-refractivity contribution in [2.24, 2.45) is 0 Å². The zero-order valence-corrected chi connectivity index (χ0v) is 14.9. The normalized spacial score (nSPS) is 10.9. The van der Waals surface area contributed by atoms with Crippen molar-refractivity contribution < 1.29 is 9.53 Å². The molecule has 0 saturated heterocycles. The van der Waals surface area contributed by atoms with E-state index in [9.17, 15) is 10.1 Å². The third-order valence-electron chi connectivity index (χ3n) is 3.44. The molecule has 2 aromatic rings. The van der Waals surface area contributed by atoms with Crippen LogP contribution in [0.2, 0.25) is 5.02 Å². The van der Waals surface area contributed by atoms with Crippen molar-refractivity contribution in [1.29, 1.82) is 5.26 Å². The molecule has 0 unspecified atom stereocenters. The third kappa shape index (κ3) is 5.37. The summed E-state index contributed by atoms with van der Waals surface area (Å²) in [7, 11) is 0. The Balaban J connectivity index is 2.17. The summed E-state index contributed by atoms with van der Waals surface area (Å²) in [4.78, 5) is 12.3. The van der Waals surface area contributed by atoms with Crippen molar-refractivity contribution in [3.05, 3.63) is 64.2 Å². The number of anilines is 1. The Morgan fingerprint density at radius 1 is 1.32 bits per heavy atom. The fourth-order valence-corrected chi connectivity index (χ4v) is 2.28. The molecular formula is C20H19ClN2O2. The molecule has 0 aliphatic rings. The highest BCUT2D eigenvalue weighted by Crippen LogP contribution is 2.21. The number of nitrogens with zero attached hydrogens (tertiary/aromatic N) is 1. The molecule has 2 aromatic carbocycles. The summed E-state index contributed by atoms with van der Waals surface area (Å²) in [5, 5.41) is 12.6. The van der Waals surface area contributed by atoms with Gasteiger partial charge in [0.25, 0.3) is 5.91 Å². The van der Waals surface area contributed by atoms with Crippen molar-refractivity contribution >= 4 is 29.3 Å². The zero-order chi connectivity index (χ0) is 18.2. The van der Waals surface area contributed by atoms with E-state index in [2.05, 4.69) is 5.32 Å². The highest BCUT2D eigenvalue weighted by molar-refractivity contribution is 6.31. The summed E-state index contributed by atoms with van der Waals surface area (Å²) in [5.41, 5.74) is 2.19. The molecule has 0 aliphatic carbocycles. The number of ether oxygens (including phenoxy) is 1. The molecule has 5 heteroatoms. The highest BCUT2D eigenvalue weighted by atomic mass is 35.5. The van der Waals surface area contributed by atoms with E-state index in [0.29, 0.717) is 23.1 Å². The molecule has 1 N–H and O–H groups in total. The number of benzene rings is 2. The first-order chi connectivity index (χ1) is 12.0. The Labute approximate surface area is 152 Å². The van der Waals surface area contributed by atoms with Gasteiger partial charge in [0.1, 0.15) is 17.4 Å². The number of amides is 1. The van der Waals surface area contributed by atoms with E-state index in [0.717, 1.165) is 17.5 Å². The lowest BCUT2D eigenvalue weighted by atomic mass is 10.1. The summed E-state index contributed by atoms with van der Waals surface area (Å²) in [6.45, 7) is 4.52. The lowest BCUT2D eigenvalue weighted by molar-refractivity contribution is -0.112. The average molecular weight is 355 g/mol. The Morgan fingerprint density at radius 2 is 2.12 bits per heavy atom. The van der Waals surface area contributed by atoms with E-state index in [4.69, 9.17) is 16.3 Å². The van der Waals surface area contributed by atoms with Crippen LogP contribution < -0.4 is 10.1 Å². The fraction of sp³-hybridized carbons (Fsp3) is 0.200. The smallest absolute Gasteiger partial charge is 0.266 e. The summed E-state index contributed by atoms with van der Waals surface area (Å²) in [6, 6.07) is 14.4. The van der Waals surface area contributed by atoms with Gasteiger partial charge in [-0.25, -0.2) is 0 Å². The van der Waals surface area contributed by atoms with Crippen LogP contribution in [0.3, 0.4) is 0 Å². The topological polar surface area (TPSA) is 62.1 Å². The highest BCUT2D eigenvalue weighted by Gasteiger charge is 2.10. The molecular weight excluding hydrogens is 336 g/mol. The summed E-state index contributed by atoms with van der Waals surface area (Å²) in [6.07, 6.45) is 2.44.